The van der Waals surface area contributed by atoms with E-state index in [9.17, 15) is 14.7 Å². The van der Waals surface area contributed by atoms with Crippen molar-refractivity contribution in [1.82, 2.24) is 0 Å². The fraction of sp³-hybridized carbons (Fsp3) is 0.680. The average Bonchev–Trinajstić information content (AvgIpc) is 3.19. The van der Waals surface area contributed by atoms with Crippen LogP contribution in [0.3, 0.4) is 0 Å². The number of aliphatic hydroxyl groups excluding tert-OH is 1. The molecule has 1 atom stereocenters. The monoisotopic (exact) mass is 765 g/mol. The number of aliphatic hydroxyl groups is 1. The molecule has 1 unspecified atom stereocenters. The summed E-state index contributed by atoms with van der Waals surface area (Å²) in [6.07, 6.45) is 62.3. The second kappa shape index (κ2) is 45.5. The number of esters is 2. The van der Waals surface area contributed by atoms with Crippen LogP contribution in [0, 0.1) is 0 Å². The third kappa shape index (κ3) is 43.7. The highest BCUT2D eigenvalue weighted by atomic mass is 16.6. The first-order valence-electron chi connectivity index (χ1n) is 22.6. The average molecular weight is 765 g/mol. The van der Waals surface area contributed by atoms with Gasteiger partial charge in [0.1, 0.15) is 6.61 Å². The van der Waals surface area contributed by atoms with Gasteiger partial charge in [-0.2, -0.15) is 0 Å². The molecule has 0 saturated carbocycles. The van der Waals surface area contributed by atoms with Gasteiger partial charge < -0.3 is 14.6 Å². The topological polar surface area (TPSA) is 72.8 Å². The van der Waals surface area contributed by atoms with Crippen LogP contribution in [0.2, 0.25) is 0 Å². The zero-order valence-corrected chi connectivity index (χ0v) is 35.7. The van der Waals surface area contributed by atoms with Gasteiger partial charge in [0.15, 0.2) is 6.10 Å². The Balaban J connectivity index is 3.56. The van der Waals surface area contributed by atoms with Crippen molar-refractivity contribution in [2.45, 2.75) is 206 Å². The third-order valence-corrected chi connectivity index (χ3v) is 9.42. The van der Waals surface area contributed by atoms with Crippen LogP contribution in [0.15, 0.2) is 85.1 Å². The van der Waals surface area contributed by atoms with E-state index in [0.717, 1.165) is 83.5 Å². The number of hydrogen-bond acceptors (Lipinski definition) is 5. The maximum absolute atomic E-state index is 12.2. The molecule has 0 fully saturated rings. The van der Waals surface area contributed by atoms with Crippen LogP contribution in [-0.4, -0.2) is 36.4 Å². The predicted octanol–water partition coefficient (Wildman–Crippen LogP) is 14.7. The Morgan fingerprint density at radius 1 is 0.436 bits per heavy atom. The zero-order valence-electron chi connectivity index (χ0n) is 35.7. The lowest BCUT2D eigenvalue weighted by atomic mass is 10.0. The predicted molar refractivity (Wildman–Crippen MR) is 237 cm³/mol. The van der Waals surface area contributed by atoms with Crippen molar-refractivity contribution in [3.8, 4) is 0 Å². The lowest BCUT2D eigenvalue weighted by Gasteiger charge is -2.15. The first-order chi connectivity index (χ1) is 27.1. The van der Waals surface area contributed by atoms with Crippen LogP contribution in [0.5, 0.6) is 0 Å². The highest BCUT2D eigenvalue weighted by Gasteiger charge is 2.16. The summed E-state index contributed by atoms with van der Waals surface area (Å²) in [7, 11) is 0. The maximum atomic E-state index is 12.2. The van der Waals surface area contributed by atoms with Crippen molar-refractivity contribution in [2.75, 3.05) is 13.2 Å². The first-order valence-corrected chi connectivity index (χ1v) is 22.6. The molecule has 0 saturated heterocycles. The second-order valence-corrected chi connectivity index (χ2v) is 14.7. The molecule has 5 nitrogen and oxygen atoms in total. The van der Waals surface area contributed by atoms with Gasteiger partial charge in [-0.25, -0.2) is 0 Å². The SMILES string of the molecule is CC/C=C\C/C=C\C/C=C\C/C=C\C/C=C\CCCCCCCCCCCCCC(=O)OC(CO)COC(=O)CCCCCCC/C=C\C/C=C\CCCC. The fourth-order valence-corrected chi connectivity index (χ4v) is 6.01. The summed E-state index contributed by atoms with van der Waals surface area (Å²) < 4.78 is 10.6. The molecule has 5 heteroatoms. The molecule has 0 spiro atoms. The van der Waals surface area contributed by atoms with Crippen LogP contribution < -0.4 is 0 Å². The molecule has 0 radical (unpaired) electrons. The van der Waals surface area contributed by atoms with Crippen molar-refractivity contribution in [2.24, 2.45) is 0 Å². The molecule has 0 bridgehead atoms. The Kier molecular flexibility index (Phi) is 43.1. The van der Waals surface area contributed by atoms with Gasteiger partial charge in [-0.05, 0) is 83.5 Å². The highest BCUT2D eigenvalue weighted by molar-refractivity contribution is 5.70. The number of hydrogen-bond donors (Lipinski definition) is 1. The van der Waals surface area contributed by atoms with Gasteiger partial charge in [0.05, 0.1) is 6.61 Å². The van der Waals surface area contributed by atoms with Gasteiger partial charge in [-0.1, -0.05) is 189 Å². The quantitative estimate of drug-likeness (QED) is 0.0382. The Morgan fingerprint density at radius 2 is 0.782 bits per heavy atom. The highest BCUT2D eigenvalue weighted by Crippen LogP contribution is 2.14. The number of ether oxygens (including phenoxy) is 2. The lowest BCUT2D eigenvalue weighted by molar-refractivity contribution is -0.161. The van der Waals surface area contributed by atoms with Crippen molar-refractivity contribution in [3.63, 3.8) is 0 Å². The normalized spacial score (nSPS) is 13.0. The van der Waals surface area contributed by atoms with Crippen LogP contribution in [-0.2, 0) is 19.1 Å². The van der Waals surface area contributed by atoms with Crippen LogP contribution in [0.4, 0.5) is 0 Å². The molecule has 0 aromatic heterocycles. The lowest BCUT2D eigenvalue weighted by Crippen LogP contribution is -2.28. The molecular formula is C50H84O5. The molecular weight excluding hydrogens is 681 g/mol. The molecule has 0 amide bonds. The molecule has 0 heterocycles. The van der Waals surface area contributed by atoms with E-state index < -0.39 is 6.10 Å². The van der Waals surface area contributed by atoms with E-state index in [4.69, 9.17) is 9.47 Å². The molecule has 0 aromatic carbocycles. The Morgan fingerprint density at radius 3 is 1.18 bits per heavy atom. The van der Waals surface area contributed by atoms with E-state index in [2.05, 4.69) is 98.9 Å². The summed E-state index contributed by atoms with van der Waals surface area (Å²) in [5.41, 5.74) is 0. The number of carbonyl (C=O) groups is 2. The summed E-state index contributed by atoms with van der Waals surface area (Å²) in [6.45, 7) is 3.96. The van der Waals surface area contributed by atoms with Gasteiger partial charge in [-0.3, -0.25) is 9.59 Å². The minimum absolute atomic E-state index is 0.0779. The standard InChI is InChI=1S/C50H84O5/c1-3-5-7-9-11-13-15-17-19-20-21-22-23-24-25-26-27-28-29-30-31-33-35-37-39-41-43-45-50(53)55-48(46-51)47-54-49(52)44-42-40-38-36-34-32-18-16-14-12-10-8-6-4-2/h5,7,10-13,16-19,21-22,24-25,48,51H,3-4,6,8-9,14-15,20,23,26-47H2,1-2H3/b7-5-,12-10-,13-11-,18-16-,19-17-,22-21-,25-24-. The molecule has 0 aliphatic heterocycles. The summed E-state index contributed by atoms with van der Waals surface area (Å²) in [4.78, 5) is 24.3. The number of rotatable bonds is 40. The minimum Gasteiger partial charge on any atom is -0.462 e. The van der Waals surface area contributed by atoms with Crippen molar-refractivity contribution in [1.29, 1.82) is 0 Å². The van der Waals surface area contributed by atoms with Crippen LogP contribution in [0.1, 0.15) is 200 Å². The van der Waals surface area contributed by atoms with Crippen LogP contribution in [0.25, 0.3) is 0 Å². The van der Waals surface area contributed by atoms with Crippen LogP contribution >= 0.6 is 0 Å². The molecule has 0 rings (SSSR count). The molecule has 314 valence electrons. The van der Waals surface area contributed by atoms with E-state index in [1.165, 1.54) is 89.9 Å². The fourth-order valence-electron chi connectivity index (χ4n) is 6.01. The molecule has 55 heavy (non-hydrogen) atoms. The number of unbranched alkanes of at least 4 members (excludes halogenated alkanes) is 18. The van der Waals surface area contributed by atoms with E-state index in [1.807, 2.05) is 0 Å². The second-order valence-electron chi connectivity index (χ2n) is 14.7. The van der Waals surface area contributed by atoms with Gasteiger partial charge in [0.25, 0.3) is 0 Å². The zero-order chi connectivity index (χ0) is 40.0. The third-order valence-electron chi connectivity index (χ3n) is 9.42. The molecule has 1 N–H and O–H groups in total. The summed E-state index contributed by atoms with van der Waals surface area (Å²) in [6, 6.07) is 0. The summed E-state index contributed by atoms with van der Waals surface area (Å²) >= 11 is 0. The summed E-state index contributed by atoms with van der Waals surface area (Å²) in [5, 5.41) is 9.59. The van der Waals surface area contributed by atoms with Crippen molar-refractivity contribution >= 4 is 11.9 Å². The van der Waals surface area contributed by atoms with Gasteiger partial charge in [0.2, 0.25) is 0 Å². The van der Waals surface area contributed by atoms with E-state index in [0.29, 0.717) is 12.8 Å². The Hall–Kier alpha value is -2.92. The smallest absolute Gasteiger partial charge is 0.306 e. The van der Waals surface area contributed by atoms with Gasteiger partial charge >= 0.3 is 11.9 Å². The van der Waals surface area contributed by atoms with Crippen molar-refractivity contribution in [3.05, 3.63) is 85.1 Å². The first kappa shape index (κ1) is 52.1. The van der Waals surface area contributed by atoms with Crippen molar-refractivity contribution < 1.29 is 24.2 Å². The minimum atomic E-state index is -0.783. The number of allylic oxidation sites excluding steroid dienone is 14. The molecule has 0 aliphatic carbocycles. The van der Waals surface area contributed by atoms with E-state index in [-0.39, 0.29) is 25.2 Å². The largest absolute Gasteiger partial charge is 0.462 e. The van der Waals surface area contributed by atoms with E-state index in [1.54, 1.807) is 0 Å². The van der Waals surface area contributed by atoms with Gasteiger partial charge in [-0.15, -0.1) is 0 Å². The molecule has 0 aliphatic rings. The maximum Gasteiger partial charge on any atom is 0.306 e. The Bertz CT molecular complexity index is 1050. The number of carbonyl (C=O) groups excluding carboxylic acids is 2. The Labute approximate surface area is 339 Å². The molecule has 0 aromatic rings. The summed E-state index contributed by atoms with van der Waals surface area (Å²) in [5.74, 6) is -0.614. The van der Waals surface area contributed by atoms with Gasteiger partial charge in [0, 0.05) is 12.8 Å². The van der Waals surface area contributed by atoms with E-state index >= 15 is 0 Å².